The first kappa shape index (κ1) is 14.4. The fraction of sp³-hybridized carbons (Fsp3) is 0.643. The highest BCUT2D eigenvalue weighted by Crippen LogP contribution is 2.20. The third-order valence-electron chi connectivity index (χ3n) is 4.16. The molecule has 0 aliphatic carbocycles. The van der Waals surface area contributed by atoms with Crippen LogP contribution in [0.5, 0.6) is 0 Å². The van der Waals surface area contributed by atoms with E-state index in [9.17, 15) is 9.59 Å². The van der Waals surface area contributed by atoms with Crippen LogP contribution in [0, 0.1) is 5.92 Å². The molecular formula is C14H20N4O2S. The number of likely N-dealkylation sites (N-methyl/N-ethyl adjacent to an activating group) is 1. The summed E-state index contributed by atoms with van der Waals surface area (Å²) in [6, 6.07) is 0. The van der Waals surface area contributed by atoms with E-state index < -0.39 is 0 Å². The summed E-state index contributed by atoms with van der Waals surface area (Å²) in [6.45, 7) is 1.92. The Morgan fingerprint density at radius 2 is 2.43 bits per heavy atom. The Labute approximate surface area is 128 Å². The van der Waals surface area contributed by atoms with Gasteiger partial charge < -0.3 is 14.4 Å². The Balaban J connectivity index is 1.51. The van der Waals surface area contributed by atoms with E-state index in [0.717, 1.165) is 31.8 Å². The molecule has 0 bridgehead atoms. The van der Waals surface area contributed by atoms with Crippen LogP contribution in [0.15, 0.2) is 12.4 Å². The van der Waals surface area contributed by atoms with Crippen molar-refractivity contribution in [3.8, 4) is 0 Å². The topological polar surface area (TPSA) is 58.4 Å². The van der Waals surface area contributed by atoms with Gasteiger partial charge in [0.1, 0.15) is 12.4 Å². The number of aromatic nitrogens is 2. The van der Waals surface area contributed by atoms with Gasteiger partial charge in [-0.05, 0) is 12.3 Å². The molecule has 0 spiro atoms. The zero-order chi connectivity index (χ0) is 14.8. The first-order valence-electron chi connectivity index (χ1n) is 7.23. The van der Waals surface area contributed by atoms with E-state index in [4.69, 9.17) is 0 Å². The number of thioether (sulfide) groups is 1. The van der Waals surface area contributed by atoms with Crippen LogP contribution in [-0.2, 0) is 22.6 Å². The van der Waals surface area contributed by atoms with Gasteiger partial charge in [-0.15, -0.1) is 11.8 Å². The quantitative estimate of drug-likeness (QED) is 0.810. The summed E-state index contributed by atoms with van der Waals surface area (Å²) < 4.78 is 2.18. The van der Waals surface area contributed by atoms with Crippen molar-refractivity contribution in [3.05, 3.63) is 18.2 Å². The Bertz CT molecular complexity index is 545. The number of carbonyl (C=O) groups is 2. The number of fused-ring (bicyclic) bond motifs is 1. The molecule has 1 saturated heterocycles. The van der Waals surface area contributed by atoms with Gasteiger partial charge in [-0.3, -0.25) is 9.59 Å². The fourth-order valence-corrected chi connectivity index (χ4v) is 3.79. The van der Waals surface area contributed by atoms with Crippen LogP contribution in [0.1, 0.15) is 12.2 Å². The highest BCUT2D eigenvalue weighted by molar-refractivity contribution is 8.00. The minimum absolute atomic E-state index is 0.0276. The lowest BCUT2D eigenvalue weighted by Crippen LogP contribution is -2.42. The predicted octanol–water partition coefficient (Wildman–Crippen LogP) is 0.437. The first-order valence-corrected chi connectivity index (χ1v) is 8.38. The molecule has 114 valence electrons. The van der Waals surface area contributed by atoms with Crippen molar-refractivity contribution in [3.63, 3.8) is 0 Å². The third kappa shape index (κ3) is 3.23. The molecular weight excluding hydrogens is 288 g/mol. The van der Waals surface area contributed by atoms with E-state index in [-0.39, 0.29) is 18.4 Å². The summed E-state index contributed by atoms with van der Waals surface area (Å²) in [4.78, 5) is 31.5. The summed E-state index contributed by atoms with van der Waals surface area (Å²) in [5, 5.41) is 0. The fourth-order valence-electron chi connectivity index (χ4n) is 2.88. The second-order valence-electron chi connectivity index (χ2n) is 5.74. The molecule has 2 aliphatic heterocycles. The van der Waals surface area contributed by atoms with Gasteiger partial charge in [0.25, 0.3) is 0 Å². The zero-order valence-electron chi connectivity index (χ0n) is 12.2. The second-order valence-corrected chi connectivity index (χ2v) is 6.69. The number of imidazole rings is 1. The van der Waals surface area contributed by atoms with Crippen LogP contribution in [-0.4, -0.2) is 62.9 Å². The van der Waals surface area contributed by atoms with Gasteiger partial charge in [-0.25, -0.2) is 4.98 Å². The van der Waals surface area contributed by atoms with Gasteiger partial charge in [-0.1, -0.05) is 0 Å². The van der Waals surface area contributed by atoms with E-state index in [1.54, 1.807) is 21.6 Å². The minimum atomic E-state index is 0.0276. The summed E-state index contributed by atoms with van der Waals surface area (Å²) in [7, 11) is 1.83. The lowest BCUT2D eigenvalue weighted by Gasteiger charge is -2.28. The van der Waals surface area contributed by atoms with E-state index in [0.29, 0.717) is 17.5 Å². The first-order chi connectivity index (χ1) is 10.1. The molecule has 3 heterocycles. The molecule has 1 aromatic heterocycles. The van der Waals surface area contributed by atoms with Crippen molar-refractivity contribution in [2.75, 3.05) is 31.8 Å². The van der Waals surface area contributed by atoms with Gasteiger partial charge in [0.15, 0.2) is 0 Å². The van der Waals surface area contributed by atoms with E-state index >= 15 is 0 Å². The maximum Gasteiger partial charge on any atom is 0.241 e. The van der Waals surface area contributed by atoms with E-state index in [2.05, 4.69) is 9.55 Å². The average Bonchev–Trinajstić information content (AvgIpc) is 3.07. The average molecular weight is 308 g/mol. The maximum absolute atomic E-state index is 12.2. The predicted molar refractivity (Wildman–Crippen MR) is 80.7 cm³/mol. The van der Waals surface area contributed by atoms with Gasteiger partial charge in [-0.2, -0.15) is 0 Å². The molecule has 7 heteroatoms. The maximum atomic E-state index is 12.2. The Morgan fingerprint density at radius 3 is 3.19 bits per heavy atom. The summed E-state index contributed by atoms with van der Waals surface area (Å²) in [5.74, 6) is 2.80. The van der Waals surface area contributed by atoms with Crippen molar-refractivity contribution in [2.45, 2.75) is 19.4 Å². The number of aryl methyl sites for hydroxylation is 1. The molecule has 3 rings (SSSR count). The van der Waals surface area contributed by atoms with Crippen LogP contribution in [0.4, 0.5) is 0 Å². The SMILES string of the molecule is CN(CC1CCn2ccnc2C1)C(=O)CN1CSCC1=O. The van der Waals surface area contributed by atoms with E-state index in [1.165, 1.54) is 0 Å². The van der Waals surface area contributed by atoms with Crippen LogP contribution >= 0.6 is 11.8 Å². The summed E-state index contributed by atoms with van der Waals surface area (Å²) >= 11 is 1.57. The molecule has 0 N–H and O–H groups in total. The Morgan fingerprint density at radius 1 is 1.57 bits per heavy atom. The van der Waals surface area contributed by atoms with Gasteiger partial charge in [0.05, 0.1) is 11.6 Å². The molecule has 0 aromatic carbocycles. The Hall–Kier alpha value is -1.50. The van der Waals surface area contributed by atoms with Crippen molar-refractivity contribution in [1.82, 2.24) is 19.4 Å². The van der Waals surface area contributed by atoms with Crippen LogP contribution < -0.4 is 0 Å². The highest BCUT2D eigenvalue weighted by Gasteiger charge is 2.26. The Kier molecular flexibility index (Phi) is 4.19. The molecule has 1 fully saturated rings. The van der Waals surface area contributed by atoms with E-state index in [1.807, 2.05) is 19.4 Å². The normalized spacial score (nSPS) is 21.5. The number of rotatable bonds is 4. The van der Waals surface area contributed by atoms with Crippen LogP contribution in [0.3, 0.4) is 0 Å². The molecule has 0 radical (unpaired) electrons. The molecule has 2 amide bonds. The third-order valence-corrected chi connectivity index (χ3v) is 5.11. The minimum Gasteiger partial charge on any atom is -0.344 e. The molecule has 6 nitrogen and oxygen atoms in total. The van der Waals surface area contributed by atoms with Crippen molar-refractivity contribution < 1.29 is 9.59 Å². The molecule has 1 atom stereocenters. The summed E-state index contributed by atoms with van der Waals surface area (Å²) in [5.41, 5.74) is 0. The van der Waals surface area contributed by atoms with Crippen molar-refractivity contribution >= 4 is 23.6 Å². The summed E-state index contributed by atoms with van der Waals surface area (Å²) in [6.07, 6.45) is 5.84. The molecule has 1 aromatic rings. The smallest absolute Gasteiger partial charge is 0.241 e. The lowest BCUT2D eigenvalue weighted by atomic mass is 9.97. The van der Waals surface area contributed by atoms with Crippen molar-refractivity contribution in [2.24, 2.45) is 5.92 Å². The van der Waals surface area contributed by atoms with Crippen molar-refractivity contribution in [1.29, 1.82) is 0 Å². The molecule has 21 heavy (non-hydrogen) atoms. The number of nitrogens with zero attached hydrogens (tertiary/aromatic N) is 4. The second kappa shape index (κ2) is 6.09. The monoisotopic (exact) mass is 308 g/mol. The lowest BCUT2D eigenvalue weighted by molar-refractivity contribution is -0.137. The highest BCUT2D eigenvalue weighted by atomic mass is 32.2. The molecule has 0 saturated carbocycles. The number of amides is 2. The van der Waals surface area contributed by atoms with Gasteiger partial charge in [0.2, 0.25) is 11.8 Å². The molecule has 2 aliphatic rings. The zero-order valence-corrected chi connectivity index (χ0v) is 13.0. The molecule has 1 unspecified atom stereocenters. The standard InChI is InChI=1S/C14H20N4O2S/c1-16(13(19)8-18-10-21-9-14(18)20)7-11-2-4-17-5-3-15-12(17)6-11/h3,5,11H,2,4,6-10H2,1H3. The van der Waals surface area contributed by atoms with Crippen LogP contribution in [0.2, 0.25) is 0 Å². The largest absolute Gasteiger partial charge is 0.344 e. The number of hydrogen-bond donors (Lipinski definition) is 0. The van der Waals surface area contributed by atoms with Crippen LogP contribution in [0.25, 0.3) is 0 Å². The van der Waals surface area contributed by atoms with Gasteiger partial charge in [0, 0.05) is 39.0 Å². The van der Waals surface area contributed by atoms with Gasteiger partial charge >= 0.3 is 0 Å². The number of carbonyl (C=O) groups excluding carboxylic acids is 2. The number of hydrogen-bond acceptors (Lipinski definition) is 4.